The van der Waals surface area contributed by atoms with Crippen molar-refractivity contribution >= 4 is 0 Å². The van der Waals surface area contributed by atoms with Crippen LogP contribution in [0.4, 0.5) is 30.7 Å². The molecular formula is C4H3F7O. The maximum atomic E-state index is 11.6. The fourth-order valence-corrected chi connectivity index (χ4v) is 0.249. The number of hydrogen-bond acceptors (Lipinski definition) is 1. The second-order valence-corrected chi connectivity index (χ2v) is 1.72. The minimum atomic E-state index is -5.96. The zero-order chi connectivity index (χ0) is 9.99. The lowest BCUT2D eigenvalue weighted by atomic mass is 10.6. The summed E-state index contributed by atoms with van der Waals surface area (Å²) in [6.07, 6.45) is -14.8. The highest BCUT2D eigenvalue weighted by Gasteiger charge is 2.59. The third kappa shape index (κ3) is 3.24. The second kappa shape index (κ2) is 3.46. The first kappa shape index (κ1) is 11.5. The topological polar surface area (TPSA) is 9.23 Å². The number of hydrogen-bond donors (Lipinski definition) is 0. The van der Waals surface area contributed by atoms with Gasteiger partial charge in [-0.15, -0.1) is 0 Å². The van der Waals surface area contributed by atoms with Crippen molar-refractivity contribution in [2.75, 3.05) is 6.61 Å². The number of ether oxygens (including phenoxy) is 1. The zero-order valence-corrected chi connectivity index (χ0v) is 5.34. The van der Waals surface area contributed by atoms with Gasteiger partial charge in [-0.2, -0.15) is 22.0 Å². The number of alkyl halides is 7. The van der Waals surface area contributed by atoms with E-state index in [1.807, 2.05) is 0 Å². The van der Waals surface area contributed by atoms with Gasteiger partial charge in [-0.1, -0.05) is 0 Å². The van der Waals surface area contributed by atoms with Crippen LogP contribution in [-0.4, -0.2) is 25.3 Å². The average Bonchev–Trinajstić information content (AvgIpc) is 1.81. The molecule has 0 radical (unpaired) electrons. The van der Waals surface area contributed by atoms with Gasteiger partial charge < -0.3 is 4.74 Å². The van der Waals surface area contributed by atoms with Gasteiger partial charge in [0.05, 0.1) is 0 Å². The summed E-state index contributed by atoms with van der Waals surface area (Å²) in [5, 5.41) is 0. The molecule has 0 aliphatic heterocycles. The van der Waals surface area contributed by atoms with Crippen molar-refractivity contribution in [2.24, 2.45) is 0 Å². The molecule has 0 spiro atoms. The van der Waals surface area contributed by atoms with Gasteiger partial charge >= 0.3 is 12.3 Å². The summed E-state index contributed by atoms with van der Waals surface area (Å²) < 4.78 is 81.6. The highest BCUT2D eigenvalue weighted by molar-refractivity contribution is 4.63. The van der Waals surface area contributed by atoms with Crippen molar-refractivity contribution in [3.63, 3.8) is 0 Å². The molecule has 0 aromatic carbocycles. The predicted octanol–water partition coefficient (Wildman–Crippen LogP) is 2.42. The summed E-state index contributed by atoms with van der Waals surface area (Å²) in [6, 6.07) is 0. The maximum Gasteiger partial charge on any atom is 0.482 e. The van der Waals surface area contributed by atoms with E-state index in [2.05, 4.69) is 4.74 Å². The van der Waals surface area contributed by atoms with Crippen LogP contribution in [0.3, 0.4) is 0 Å². The van der Waals surface area contributed by atoms with E-state index in [4.69, 9.17) is 0 Å². The molecule has 0 N–H and O–H groups in total. The minimum Gasteiger partial charge on any atom is -0.307 e. The first-order chi connectivity index (χ1) is 5.17. The van der Waals surface area contributed by atoms with Gasteiger partial charge in [-0.3, -0.25) is 0 Å². The molecule has 0 saturated carbocycles. The molecule has 0 fully saturated rings. The van der Waals surface area contributed by atoms with Crippen molar-refractivity contribution in [2.45, 2.75) is 18.7 Å². The van der Waals surface area contributed by atoms with Crippen LogP contribution in [0.1, 0.15) is 0 Å². The van der Waals surface area contributed by atoms with Crippen molar-refractivity contribution < 1.29 is 35.5 Å². The Hall–Kier alpha value is -0.530. The third-order valence-electron chi connectivity index (χ3n) is 0.721. The molecular weight excluding hydrogens is 197 g/mol. The Morgan fingerprint density at radius 1 is 1.00 bits per heavy atom. The Morgan fingerprint density at radius 3 is 1.67 bits per heavy atom. The molecule has 0 amide bonds. The van der Waals surface area contributed by atoms with Crippen LogP contribution in [0.5, 0.6) is 0 Å². The molecule has 0 aromatic heterocycles. The number of halogens is 7. The van der Waals surface area contributed by atoms with E-state index < -0.39 is 25.3 Å². The molecule has 0 atom stereocenters. The van der Waals surface area contributed by atoms with Crippen LogP contribution in [0.25, 0.3) is 0 Å². The van der Waals surface area contributed by atoms with Crippen LogP contribution >= 0.6 is 0 Å². The standard InChI is InChI=1S/C4H3F7O/c5-2(6)1-12-4(10,11)3(7,8)9/h2H,1H2. The summed E-state index contributed by atoms with van der Waals surface area (Å²) >= 11 is 0. The van der Waals surface area contributed by atoms with Gasteiger partial charge in [0.1, 0.15) is 6.61 Å². The summed E-state index contributed by atoms with van der Waals surface area (Å²) in [7, 11) is 0. The quantitative estimate of drug-likeness (QED) is 0.635. The lowest BCUT2D eigenvalue weighted by Gasteiger charge is -2.18. The first-order valence-electron chi connectivity index (χ1n) is 2.53. The minimum absolute atomic E-state index is 1.95. The van der Waals surface area contributed by atoms with Crippen LogP contribution in [0, 0.1) is 0 Å². The fraction of sp³-hybridized carbons (Fsp3) is 1.00. The van der Waals surface area contributed by atoms with E-state index in [0.717, 1.165) is 0 Å². The Balaban J connectivity index is 4.05. The molecule has 8 heteroatoms. The van der Waals surface area contributed by atoms with E-state index in [1.165, 1.54) is 0 Å². The van der Waals surface area contributed by atoms with E-state index >= 15 is 0 Å². The van der Waals surface area contributed by atoms with E-state index in [9.17, 15) is 30.7 Å². The average molecular weight is 200 g/mol. The molecule has 0 aliphatic carbocycles. The highest BCUT2D eigenvalue weighted by atomic mass is 19.4. The molecule has 0 heterocycles. The third-order valence-corrected chi connectivity index (χ3v) is 0.721. The van der Waals surface area contributed by atoms with Crippen molar-refractivity contribution in [1.29, 1.82) is 0 Å². The summed E-state index contributed by atoms with van der Waals surface area (Å²) in [4.78, 5) is 0. The molecule has 0 rings (SSSR count). The van der Waals surface area contributed by atoms with Crippen molar-refractivity contribution in [3.8, 4) is 0 Å². The van der Waals surface area contributed by atoms with Crippen LogP contribution in [0.2, 0.25) is 0 Å². The molecule has 0 aromatic rings. The predicted molar refractivity (Wildman–Crippen MR) is 23.0 cm³/mol. The maximum absolute atomic E-state index is 11.6. The highest BCUT2D eigenvalue weighted by Crippen LogP contribution is 2.36. The Morgan fingerprint density at radius 2 is 1.42 bits per heavy atom. The molecule has 0 saturated heterocycles. The second-order valence-electron chi connectivity index (χ2n) is 1.72. The van der Waals surface area contributed by atoms with E-state index in [0.29, 0.717) is 0 Å². The zero-order valence-electron chi connectivity index (χ0n) is 5.34. The molecule has 74 valence electrons. The first-order valence-corrected chi connectivity index (χ1v) is 2.53. The summed E-state index contributed by atoms with van der Waals surface area (Å²) in [6.45, 7) is -1.95. The van der Waals surface area contributed by atoms with Crippen molar-refractivity contribution in [1.82, 2.24) is 0 Å². The van der Waals surface area contributed by atoms with Gasteiger partial charge in [-0.25, -0.2) is 8.78 Å². The Kier molecular flexibility index (Phi) is 3.31. The van der Waals surface area contributed by atoms with Crippen molar-refractivity contribution in [3.05, 3.63) is 0 Å². The molecule has 12 heavy (non-hydrogen) atoms. The van der Waals surface area contributed by atoms with Gasteiger partial charge in [0.25, 0.3) is 6.43 Å². The van der Waals surface area contributed by atoms with Crippen LogP contribution < -0.4 is 0 Å². The largest absolute Gasteiger partial charge is 0.482 e. The smallest absolute Gasteiger partial charge is 0.307 e. The van der Waals surface area contributed by atoms with Gasteiger partial charge in [0.2, 0.25) is 0 Å². The van der Waals surface area contributed by atoms with Gasteiger partial charge in [0.15, 0.2) is 0 Å². The lowest BCUT2D eigenvalue weighted by Crippen LogP contribution is -2.40. The van der Waals surface area contributed by atoms with Crippen LogP contribution in [0.15, 0.2) is 0 Å². The normalized spacial score (nSPS) is 14.0. The number of rotatable bonds is 3. The summed E-state index contributed by atoms with van der Waals surface area (Å²) in [5.41, 5.74) is 0. The molecule has 0 unspecified atom stereocenters. The van der Waals surface area contributed by atoms with Gasteiger partial charge in [-0.05, 0) is 0 Å². The lowest BCUT2D eigenvalue weighted by molar-refractivity contribution is -0.395. The SMILES string of the molecule is FC(F)COC(F)(F)C(F)(F)F. The monoisotopic (exact) mass is 200 g/mol. The van der Waals surface area contributed by atoms with E-state index in [-0.39, 0.29) is 0 Å². The Labute approximate surface area is 62.1 Å². The Bertz CT molecular complexity index is 139. The van der Waals surface area contributed by atoms with E-state index in [1.54, 1.807) is 0 Å². The molecule has 0 aliphatic rings. The molecule has 0 bridgehead atoms. The fourth-order valence-electron chi connectivity index (χ4n) is 0.249. The van der Waals surface area contributed by atoms with Crippen LogP contribution in [-0.2, 0) is 4.74 Å². The van der Waals surface area contributed by atoms with Gasteiger partial charge in [0, 0.05) is 0 Å². The molecule has 1 nitrogen and oxygen atoms in total. The summed E-state index contributed by atoms with van der Waals surface area (Å²) in [5.74, 6) is 0.